The third kappa shape index (κ3) is 9.10. The van der Waals surface area contributed by atoms with Crippen molar-refractivity contribution in [3.8, 4) is 5.75 Å². The highest BCUT2D eigenvalue weighted by Gasteiger charge is 2.37. The molecule has 1 aliphatic rings. The van der Waals surface area contributed by atoms with Gasteiger partial charge in [0.15, 0.2) is 0 Å². The van der Waals surface area contributed by atoms with E-state index in [-0.39, 0.29) is 46.9 Å². The lowest BCUT2D eigenvalue weighted by Crippen LogP contribution is -2.55. The van der Waals surface area contributed by atoms with Gasteiger partial charge in [-0.2, -0.15) is 0 Å². The number of carbonyl (C=O) groups is 2. The highest BCUT2D eigenvalue weighted by molar-refractivity contribution is 7.92. The Bertz CT molecular complexity index is 2020. The molecule has 0 aliphatic heterocycles. The van der Waals surface area contributed by atoms with Crippen LogP contribution in [0.5, 0.6) is 5.75 Å². The Morgan fingerprint density at radius 3 is 2.31 bits per heavy atom. The van der Waals surface area contributed by atoms with Gasteiger partial charge in [0.25, 0.3) is 15.7 Å². The van der Waals surface area contributed by atoms with Gasteiger partial charge in [-0.05, 0) is 67.6 Å². The van der Waals surface area contributed by atoms with Gasteiger partial charge in [0.2, 0.25) is 11.8 Å². The zero-order valence-electron chi connectivity index (χ0n) is 29.5. The summed E-state index contributed by atoms with van der Waals surface area (Å²) in [5.41, 5.74) is 2.32. The summed E-state index contributed by atoms with van der Waals surface area (Å²) >= 11 is 6.39. The van der Waals surface area contributed by atoms with E-state index in [9.17, 15) is 28.1 Å². The number of carbonyl (C=O) groups excluding carboxylic acids is 2. The van der Waals surface area contributed by atoms with Crippen LogP contribution in [0.3, 0.4) is 0 Å². The van der Waals surface area contributed by atoms with Crippen molar-refractivity contribution in [3.63, 3.8) is 0 Å². The van der Waals surface area contributed by atoms with E-state index in [4.69, 9.17) is 16.3 Å². The lowest BCUT2D eigenvalue weighted by Gasteiger charge is -2.35. The number of nitro benzene ring substituents is 1. The molecule has 5 rings (SSSR count). The van der Waals surface area contributed by atoms with Crippen LogP contribution in [0, 0.1) is 24.0 Å². The molecule has 1 saturated carbocycles. The second kappa shape index (κ2) is 17.1. The van der Waals surface area contributed by atoms with Gasteiger partial charge in [0.05, 0.1) is 22.6 Å². The van der Waals surface area contributed by atoms with Crippen LogP contribution in [0.25, 0.3) is 0 Å². The summed E-state index contributed by atoms with van der Waals surface area (Å²) in [6.45, 7) is 2.65. The van der Waals surface area contributed by atoms with E-state index in [1.807, 2.05) is 61.5 Å². The number of halogens is 1. The Labute approximate surface area is 309 Å². The van der Waals surface area contributed by atoms with Crippen LogP contribution in [0.2, 0.25) is 5.02 Å². The summed E-state index contributed by atoms with van der Waals surface area (Å²) in [6.07, 6.45) is 4.92. The molecule has 0 aromatic heterocycles. The number of anilines is 1. The van der Waals surface area contributed by atoms with Crippen molar-refractivity contribution in [2.24, 2.45) is 0 Å². The zero-order chi connectivity index (χ0) is 37.4. The number of nitrogens with one attached hydrogen (secondary N) is 1. The number of benzene rings is 4. The number of ether oxygens (including phenoxy) is 1. The number of rotatable bonds is 14. The number of aryl methyl sites for hydroxylation is 2. The molecule has 4 aromatic rings. The van der Waals surface area contributed by atoms with E-state index in [2.05, 4.69) is 5.32 Å². The number of hydrogen-bond acceptors (Lipinski definition) is 7. The quantitative estimate of drug-likeness (QED) is 0.107. The first kappa shape index (κ1) is 38.3. The largest absolute Gasteiger partial charge is 0.495 e. The standard InChI is InChI=1S/C39H43ClN4O7S/c1-27-12-10-11-15-30(27)25-42(36(22-29-13-6-4-7-14-29)39(46)41-32-16-8-5-9-17-32)38(45)26-43(35-23-31(40)19-21-37(35)51-3)52(49,50)33-20-18-28(2)34(24-33)44(47)48/h4,6-7,10-15,18-21,23-24,32,36H,5,8-9,16-17,22,25-26H2,1-3H3,(H,41,46)/t36-/m1/s1. The Hall–Kier alpha value is -4.94. The van der Waals surface area contributed by atoms with Crippen LogP contribution in [-0.2, 0) is 32.6 Å². The van der Waals surface area contributed by atoms with E-state index in [0.717, 1.165) is 59.2 Å². The average molecular weight is 747 g/mol. The molecule has 0 bridgehead atoms. The fourth-order valence-electron chi connectivity index (χ4n) is 6.51. The van der Waals surface area contributed by atoms with Crippen LogP contribution in [0.1, 0.15) is 54.4 Å². The maximum Gasteiger partial charge on any atom is 0.273 e. The molecule has 1 atom stereocenters. The lowest BCUT2D eigenvalue weighted by atomic mass is 9.94. The molecule has 1 N–H and O–H groups in total. The van der Waals surface area contributed by atoms with Crippen molar-refractivity contribution in [2.75, 3.05) is 18.0 Å². The molecule has 2 amide bonds. The summed E-state index contributed by atoms with van der Waals surface area (Å²) in [5, 5.41) is 15.2. The summed E-state index contributed by atoms with van der Waals surface area (Å²) in [7, 11) is -3.32. The molecule has 1 fully saturated rings. The van der Waals surface area contributed by atoms with E-state index in [1.165, 1.54) is 49.3 Å². The molecule has 0 spiro atoms. The molecule has 274 valence electrons. The van der Waals surface area contributed by atoms with Crippen molar-refractivity contribution in [1.82, 2.24) is 10.2 Å². The van der Waals surface area contributed by atoms with Gasteiger partial charge in [0, 0.05) is 35.7 Å². The Kier molecular flexibility index (Phi) is 12.6. The maximum absolute atomic E-state index is 14.9. The van der Waals surface area contributed by atoms with E-state index in [1.54, 1.807) is 0 Å². The highest BCUT2D eigenvalue weighted by Crippen LogP contribution is 2.36. The van der Waals surface area contributed by atoms with Crippen molar-refractivity contribution in [1.29, 1.82) is 0 Å². The van der Waals surface area contributed by atoms with Crippen molar-refractivity contribution >= 4 is 44.8 Å². The fourth-order valence-corrected chi connectivity index (χ4v) is 8.12. The molecule has 1 aliphatic carbocycles. The van der Waals surface area contributed by atoms with Gasteiger partial charge in [0.1, 0.15) is 18.3 Å². The molecule has 4 aromatic carbocycles. The first-order valence-corrected chi connectivity index (χ1v) is 19.0. The smallest absolute Gasteiger partial charge is 0.273 e. The van der Waals surface area contributed by atoms with Crippen molar-refractivity contribution in [3.05, 3.63) is 128 Å². The second-order valence-electron chi connectivity index (χ2n) is 13.0. The molecule has 0 unspecified atom stereocenters. The van der Waals surface area contributed by atoms with Gasteiger partial charge in [-0.1, -0.05) is 91.5 Å². The Morgan fingerprint density at radius 1 is 0.942 bits per heavy atom. The maximum atomic E-state index is 14.9. The minimum atomic E-state index is -4.67. The molecule has 13 heteroatoms. The van der Waals surface area contributed by atoms with Gasteiger partial charge in [-0.15, -0.1) is 0 Å². The molecule has 0 heterocycles. The van der Waals surface area contributed by atoms with Crippen LogP contribution in [-0.4, -0.2) is 55.8 Å². The third-order valence-electron chi connectivity index (χ3n) is 9.48. The first-order chi connectivity index (χ1) is 24.9. The predicted molar refractivity (Wildman–Crippen MR) is 201 cm³/mol. The number of nitro groups is 1. The number of sulfonamides is 1. The molecular formula is C39H43ClN4O7S. The van der Waals surface area contributed by atoms with Crippen LogP contribution in [0.4, 0.5) is 11.4 Å². The number of methoxy groups -OCH3 is 1. The van der Waals surface area contributed by atoms with Crippen LogP contribution < -0.4 is 14.4 Å². The third-order valence-corrected chi connectivity index (χ3v) is 11.5. The van der Waals surface area contributed by atoms with Gasteiger partial charge in [-0.3, -0.25) is 24.0 Å². The normalized spacial score (nSPS) is 13.9. The molecule has 11 nitrogen and oxygen atoms in total. The zero-order valence-corrected chi connectivity index (χ0v) is 31.0. The van der Waals surface area contributed by atoms with Gasteiger partial charge < -0.3 is 15.0 Å². The molecule has 0 saturated heterocycles. The first-order valence-electron chi connectivity index (χ1n) is 17.2. The Balaban J connectivity index is 1.64. The minimum absolute atomic E-state index is 0.0116. The van der Waals surface area contributed by atoms with Crippen LogP contribution >= 0.6 is 11.6 Å². The highest BCUT2D eigenvalue weighted by atomic mass is 35.5. The van der Waals surface area contributed by atoms with Gasteiger partial charge in [-0.25, -0.2) is 8.42 Å². The second-order valence-corrected chi connectivity index (χ2v) is 15.3. The SMILES string of the molecule is COc1ccc(Cl)cc1N(CC(=O)N(Cc1ccccc1C)[C@H](Cc1ccccc1)C(=O)NC1CCCCC1)S(=O)(=O)c1ccc(C)c([N+](=O)[O-])c1. The van der Waals surface area contributed by atoms with E-state index in [0.29, 0.717) is 0 Å². The summed E-state index contributed by atoms with van der Waals surface area (Å²) in [6, 6.07) is 23.7. The van der Waals surface area contributed by atoms with E-state index >= 15 is 0 Å². The topological polar surface area (TPSA) is 139 Å². The Morgan fingerprint density at radius 2 is 1.63 bits per heavy atom. The fraction of sp³-hybridized carbons (Fsp3) is 0.333. The van der Waals surface area contributed by atoms with Crippen molar-refractivity contribution < 1.29 is 27.7 Å². The monoisotopic (exact) mass is 746 g/mol. The van der Waals surface area contributed by atoms with Crippen LogP contribution in [0.15, 0.2) is 95.9 Å². The average Bonchev–Trinajstić information content (AvgIpc) is 3.13. The minimum Gasteiger partial charge on any atom is -0.495 e. The summed E-state index contributed by atoms with van der Waals surface area (Å²) in [4.78, 5) is 41.5. The predicted octanol–water partition coefficient (Wildman–Crippen LogP) is 7.16. The number of nitrogens with zero attached hydrogens (tertiary/aromatic N) is 3. The molecular weight excluding hydrogens is 704 g/mol. The summed E-state index contributed by atoms with van der Waals surface area (Å²) < 4.78 is 35.5. The lowest BCUT2D eigenvalue weighted by molar-refractivity contribution is -0.385. The van der Waals surface area contributed by atoms with E-state index < -0.39 is 44.0 Å². The number of amides is 2. The van der Waals surface area contributed by atoms with Gasteiger partial charge >= 0.3 is 0 Å². The molecule has 52 heavy (non-hydrogen) atoms. The number of hydrogen-bond donors (Lipinski definition) is 1. The molecule has 0 radical (unpaired) electrons. The van der Waals surface area contributed by atoms with Crippen molar-refractivity contribution in [2.45, 2.75) is 75.9 Å². The summed E-state index contributed by atoms with van der Waals surface area (Å²) in [5.74, 6) is -0.902.